The van der Waals surface area contributed by atoms with Crippen molar-refractivity contribution in [3.05, 3.63) is 12.2 Å². The molecular weight excluding hydrogens is 160 g/mol. The molecule has 0 aliphatic carbocycles. The summed E-state index contributed by atoms with van der Waals surface area (Å²) < 4.78 is 0. The van der Waals surface area contributed by atoms with Crippen molar-refractivity contribution in [3.63, 3.8) is 0 Å². The van der Waals surface area contributed by atoms with Crippen molar-refractivity contribution in [2.45, 2.75) is 52.4 Å². The molecule has 0 aromatic rings. The summed E-state index contributed by atoms with van der Waals surface area (Å²) in [5.74, 6) is 0.816. The van der Waals surface area contributed by atoms with Gasteiger partial charge >= 0.3 is 0 Å². The van der Waals surface area contributed by atoms with Gasteiger partial charge in [0.05, 0.1) is 0 Å². The van der Waals surface area contributed by atoms with Crippen LogP contribution in [-0.4, -0.2) is 6.29 Å². The van der Waals surface area contributed by atoms with E-state index in [1.807, 2.05) is 0 Å². The lowest BCUT2D eigenvalue weighted by atomic mass is 9.94. The maximum atomic E-state index is 10.1. The molecule has 1 nitrogen and oxygen atoms in total. The highest BCUT2D eigenvalue weighted by molar-refractivity contribution is 5.48. The van der Waals surface area contributed by atoms with Crippen LogP contribution in [0, 0.1) is 5.92 Å². The summed E-state index contributed by atoms with van der Waals surface area (Å²) in [6, 6.07) is 0. The topological polar surface area (TPSA) is 17.1 Å². The number of carbonyl (C=O) groups excluding carboxylic acids is 1. The van der Waals surface area contributed by atoms with E-state index in [1.54, 1.807) is 0 Å². The summed E-state index contributed by atoms with van der Waals surface area (Å²) in [5, 5.41) is 0. The van der Waals surface area contributed by atoms with Crippen molar-refractivity contribution in [2.75, 3.05) is 0 Å². The highest BCUT2D eigenvalue weighted by Crippen LogP contribution is 2.18. The molecule has 0 aliphatic rings. The maximum Gasteiger partial charge on any atom is 0.119 e. The van der Waals surface area contributed by atoms with E-state index in [9.17, 15) is 4.79 Å². The molecule has 0 saturated carbocycles. The van der Waals surface area contributed by atoms with Gasteiger partial charge in [0.25, 0.3) is 0 Å². The number of allylic oxidation sites excluding steroid dienone is 2. The van der Waals surface area contributed by atoms with Gasteiger partial charge in [0, 0.05) is 6.42 Å². The van der Waals surface area contributed by atoms with Crippen LogP contribution >= 0.6 is 0 Å². The Kier molecular flexibility index (Phi) is 9.07. The summed E-state index contributed by atoms with van der Waals surface area (Å²) in [7, 11) is 0. The number of hydrogen-bond donors (Lipinski definition) is 0. The van der Waals surface area contributed by atoms with E-state index in [0.717, 1.165) is 25.0 Å². The van der Waals surface area contributed by atoms with Gasteiger partial charge in [-0.1, -0.05) is 31.9 Å². The molecule has 0 spiro atoms. The second kappa shape index (κ2) is 9.50. The van der Waals surface area contributed by atoms with Crippen LogP contribution in [-0.2, 0) is 4.79 Å². The minimum atomic E-state index is 0.736. The van der Waals surface area contributed by atoms with Gasteiger partial charge in [-0.25, -0.2) is 0 Å². The molecule has 1 unspecified atom stereocenters. The largest absolute Gasteiger partial charge is 0.303 e. The summed E-state index contributed by atoms with van der Waals surface area (Å²) in [5.41, 5.74) is 0. The highest BCUT2D eigenvalue weighted by atomic mass is 16.1. The molecule has 13 heavy (non-hydrogen) atoms. The molecule has 0 N–H and O–H groups in total. The maximum absolute atomic E-state index is 10.1. The molecule has 0 radical (unpaired) electrons. The molecule has 0 saturated heterocycles. The third kappa shape index (κ3) is 7.76. The molecule has 1 atom stereocenters. The van der Waals surface area contributed by atoms with Gasteiger partial charge in [0.15, 0.2) is 0 Å². The van der Waals surface area contributed by atoms with Crippen LogP contribution in [0.5, 0.6) is 0 Å². The number of unbranched alkanes of at least 4 members (excludes halogenated alkanes) is 1. The van der Waals surface area contributed by atoms with Crippen LogP contribution < -0.4 is 0 Å². The Hall–Kier alpha value is -0.590. The van der Waals surface area contributed by atoms with Gasteiger partial charge in [-0.2, -0.15) is 0 Å². The van der Waals surface area contributed by atoms with Crippen molar-refractivity contribution in [1.29, 1.82) is 0 Å². The highest BCUT2D eigenvalue weighted by Gasteiger charge is 2.03. The Morgan fingerprint density at radius 1 is 1.23 bits per heavy atom. The Bertz CT molecular complexity index is 138. The van der Waals surface area contributed by atoms with Gasteiger partial charge in [-0.15, -0.1) is 0 Å². The minimum Gasteiger partial charge on any atom is -0.303 e. The van der Waals surface area contributed by atoms with Crippen LogP contribution in [0.4, 0.5) is 0 Å². The molecule has 0 aromatic heterocycles. The zero-order valence-electron chi connectivity index (χ0n) is 8.96. The van der Waals surface area contributed by atoms with Gasteiger partial charge in [0.2, 0.25) is 0 Å². The smallest absolute Gasteiger partial charge is 0.119 e. The van der Waals surface area contributed by atoms with Crippen molar-refractivity contribution in [3.8, 4) is 0 Å². The zero-order valence-corrected chi connectivity index (χ0v) is 8.96. The minimum absolute atomic E-state index is 0.736. The number of rotatable bonds is 8. The Morgan fingerprint density at radius 3 is 2.54 bits per heavy atom. The van der Waals surface area contributed by atoms with Crippen LogP contribution in [0.1, 0.15) is 52.4 Å². The molecule has 0 fully saturated rings. The second-order valence-electron chi connectivity index (χ2n) is 3.52. The third-order valence-corrected chi connectivity index (χ3v) is 2.49. The van der Waals surface area contributed by atoms with Crippen LogP contribution in [0.25, 0.3) is 0 Å². The van der Waals surface area contributed by atoms with E-state index in [2.05, 4.69) is 26.0 Å². The first-order chi connectivity index (χ1) is 6.35. The summed E-state index contributed by atoms with van der Waals surface area (Å²) in [4.78, 5) is 10.1. The Morgan fingerprint density at radius 2 is 2.00 bits per heavy atom. The van der Waals surface area contributed by atoms with Crippen LogP contribution in [0.2, 0.25) is 0 Å². The summed E-state index contributed by atoms with van der Waals surface area (Å²) >= 11 is 0. The molecule has 0 amide bonds. The molecule has 0 rings (SSSR count). The van der Waals surface area contributed by atoms with Crippen LogP contribution in [0.3, 0.4) is 0 Å². The van der Waals surface area contributed by atoms with Crippen molar-refractivity contribution < 1.29 is 4.79 Å². The Balaban J connectivity index is 3.44. The van der Waals surface area contributed by atoms with E-state index in [-0.39, 0.29) is 0 Å². The van der Waals surface area contributed by atoms with Crippen molar-refractivity contribution in [2.24, 2.45) is 5.92 Å². The zero-order chi connectivity index (χ0) is 9.94. The fourth-order valence-corrected chi connectivity index (χ4v) is 1.54. The first kappa shape index (κ1) is 12.4. The van der Waals surface area contributed by atoms with E-state index < -0.39 is 0 Å². The van der Waals surface area contributed by atoms with Gasteiger partial charge in [0.1, 0.15) is 6.29 Å². The van der Waals surface area contributed by atoms with E-state index in [0.29, 0.717) is 0 Å². The quantitative estimate of drug-likeness (QED) is 0.317. The summed E-state index contributed by atoms with van der Waals surface area (Å²) in [6.45, 7) is 4.30. The molecule has 0 aliphatic heterocycles. The lowest BCUT2D eigenvalue weighted by molar-refractivity contribution is -0.108. The first-order valence-electron chi connectivity index (χ1n) is 5.39. The third-order valence-electron chi connectivity index (χ3n) is 2.49. The number of aldehydes is 1. The standard InChI is InChI=1S/C12H22O/c1-3-5-6-9-12(4-2)10-7-8-11-13/h3,5,11-12H,4,6-10H2,1-2H3. The normalized spacial score (nSPS) is 13.4. The van der Waals surface area contributed by atoms with Gasteiger partial charge in [-0.05, 0) is 32.1 Å². The predicted molar refractivity (Wildman–Crippen MR) is 57.7 cm³/mol. The van der Waals surface area contributed by atoms with E-state index >= 15 is 0 Å². The first-order valence-corrected chi connectivity index (χ1v) is 5.39. The fraction of sp³-hybridized carbons (Fsp3) is 0.750. The monoisotopic (exact) mass is 182 g/mol. The SMILES string of the molecule is CC=CCCC(CC)CCCC=O. The summed E-state index contributed by atoms with van der Waals surface area (Å²) in [6.07, 6.45) is 12.1. The molecule has 1 heteroatoms. The number of carbonyl (C=O) groups is 1. The fourth-order valence-electron chi connectivity index (χ4n) is 1.54. The molecule has 0 bridgehead atoms. The second-order valence-corrected chi connectivity index (χ2v) is 3.52. The molecule has 0 heterocycles. The average molecular weight is 182 g/mol. The van der Waals surface area contributed by atoms with Crippen LogP contribution in [0.15, 0.2) is 12.2 Å². The van der Waals surface area contributed by atoms with Gasteiger partial charge < -0.3 is 4.79 Å². The van der Waals surface area contributed by atoms with Crippen molar-refractivity contribution in [1.82, 2.24) is 0 Å². The van der Waals surface area contributed by atoms with Gasteiger partial charge in [-0.3, -0.25) is 0 Å². The van der Waals surface area contributed by atoms with Crippen molar-refractivity contribution >= 4 is 6.29 Å². The molecule has 76 valence electrons. The molecular formula is C12H22O. The Labute approximate surface area is 82.2 Å². The lowest BCUT2D eigenvalue weighted by Gasteiger charge is -2.12. The number of hydrogen-bond acceptors (Lipinski definition) is 1. The average Bonchev–Trinajstić information content (AvgIpc) is 2.16. The van der Waals surface area contributed by atoms with E-state index in [1.165, 1.54) is 25.7 Å². The molecule has 0 aromatic carbocycles. The van der Waals surface area contributed by atoms with E-state index in [4.69, 9.17) is 0 Å². The predicted octanol–water partition coefficient (Wildman–Crippen LogP) is 3.74. The lowest BCUT2D eigenvalue weighted by Crippen LogP contribution is -1.98.